The lowest BCUT2D eigenvalue weighted by Crippen LogP contribution is -2.48. The molecule has 0 atom stereocenters. The van der Waals surface area contributed by atoms with Gasteiger partial charge in [0.1, 0.15) is 0 Å². The molecule has 2 heterocycles. The van der Waals surface area contributed by atoms with Crippen LogP contribution in [0.5, 0.6) is 0 Å². The lowest BCUT2D eigenvalue weighted by molar-refractivity contribution is 0.189. The van der Waals surface area contributed by atoms with Gasteiger partial charge in [0.05, 0.1) is 13.3 Å². The number of rotatable bonds is 6. The zero-order valence-electron chi connectivity index (χ0n) is 18.1. The number of nitrogens with zero attached hydrogens (tertiary/aromatic N) is 5. The third kappa shape index (κ3) is 4.13. The van der Waals surface area contributed by atoms with Crippen molar-refractivity contribution in [1.82, 2.24) is 19.4 Å². The van der Waals surface area contributed by atoms with Gasteiger partial charge in [-0.1, -0.05) is 13.0 Å². The Morgan fingerprint density at radius 1 is 1.11 bits per heavy atom. The highest BCUT2D eigenvalue weighted by Crippen LogP contribution is 2.29. The monoisotopic (exact) mass is 383 g/mol. The summed E-state index contributed by atoms with van der Waals surface area (Å²) < 4.78 is 1.85. The highest BCUT2D eigenvalue weighted by atomic mass is 16.1. The van der Waals surface area contributed by atoms with Crippen LogP contribution < -0.4 is 10.5 Å². The summed E-state index contributed by atoms with van der Waals surface area (Å²) in [6, 6.07) is 6.47. The Morgan fingerprint density at radius 3 is 2.50 bits per heavy atom. The number of aryl methyl sites for hydroxylation is 3. The molecule has 0 bridgehead atoms. The fourth-order valence-electron chi connectivity index (χ4n) is 3.78. The molecule has 0 fully saturated rings. The Balaban J connectivity index is 2.03. The molecule has 2 aromatic rings. The molecule has 1 aromatic heterocycles. The van der Waals surface area contributed by atoms with E-state index >= 15 is 0 Å². The second-order valence-corrected chi connectivity index (χ2v) is 8.09. The van der Waals surface area contributed by atoms with Crippen molar-refractivity contribution in [1.29, 1.82) is 0 Å². The molecule has 0 spiro atoms. The molecule has 0 saturated heterocycles. The molecule has 1 aliphatic heterocycles. The lowest BCUT2D eigenvalue weighted by atomic mass is 10.1. The van der Waals surface area contributed by atoms with Gasteiger partial charge in [0, 0.05) is 23.5 Å². The predicted molar refractivity (Wildman–Crippen MR) is 115 cm³/mol. The van der Waals surface area contributed by atoms with E-state index in [-0.39, 0.29) is 5.56 Å². The number of hydrogen-bond donors (Lipinski definition) is 0. The Labute approximate surface area is 168 Å². The maximum absolute atomic E-state index is 13.2. The van der Waals surface area contributed by atoms with Crippen LogP contribution in [0.1, 0.15) is 35.7 Å². The van der Waals surface area contributed by atoms with Crippen molar-refractivity contribution in [3.8, 4) is 0 Å². The van der Waals surface area contributed by atoms with E-state index < -0.39 is 0 Å². The van der Waals surface area contributed by atoms with Crippen molar-refractivity contribution in [2.75, 3.05) is 38.8 Å². The first-order valence-corrected chi connectivity index (χ1v) is 10.1. The zero-order chi connectivity index (χ0) is 20.4. The summed E-state index contributed by atoms with van der Waals surface area (Å²) in [4.78, 5) is 24.7. The molecule has 0 saturated carbocycles. The fraction of sp³-hybridized carbons (Fsp3) is 0.545. The first kappa shape index (κ1) is 20.6. The van der Waals surface area contributed by atoms with Crippen LogP contribution >= 0.6 is 0 Å². The van der Waals surface area contributed by atoms with Crippen molar-refractivity contribution in [2.24, 2.45) is 0 Å². The number of anilines is 2. The van der Waals surface area contributed by atoms with Gasteiger partial charge < -0.3 is 4.90 Å². The third-order valence-electron chi connectivity index (χ3n) is 5.61. The molecule has 28 heavy (non-hydrogen) atoms. The fourth-order valence-corrected chi connectivity index (χ4v) is 3.78. The van der Waals surface area contributed by atoms with E-state index in [2.05, 4.69) is 60.8 Å². The maximum atomic E-state index is 13.2. The minimum atomic E-state index is 0.0937. The number of fused-ring (bicyclic) bond motifs is 1. The van der Waals surface area contributed by atoms with E-state index in [0.29, 0.717) is 13.1 Å². The van der Waals surface area contributed by atoms with E-state index in [1.54, 1.807) is 0 Å². The number of benzene rings is 1. The Kier molecular flexibility index (Phi) is 6.20. The maximum Gasteiger partial charge on any atom is 0.259 e. The molecule has 152 valence electrons. The van der Waals surface area contributed by atoms with Crippen LogP contribution in [0.25, 0.3) is 0 Å². The second-order valence-electron chi connectivity index (χ2n) is 8.09. The zero-order valence-corrected chi connectivity index (χ0v) is 18.1. The molecule has 3 rings (SSSR count). The first-order valence-electron chi connectivity index (χ1n) is 10.1. The van der Waals surface area contributed by atoms with Crippen LogP contribution in [0.3, 0.4) is 0 Å². The van der Waals surface area contributed by atoms with E-state index in [4.69, 9.17) is 4.98 Å². The lowest BCUT2D eigenvalue weighted by Gasteiger charge is -2.38. The van der Waals surface area contributed by atoms with Gasteiger partial charge >= 0.3 is 0 Å². The van der Waals surface area contributed by atoms with E-state index in [1.807, 2.05) is 18.4 Å². The smallest absolute Gasteiger partial charge is 0.259 e. The predicted octanol–water partition coefficient (Wildman–Crippen LogP) is 3.05. The molecule has 6 heteroatoms. The van der Waals surface area contributed by atoms with Gasteiger partial charge in [-0.25, -0.2) is 4.98 Å². The van der Waals surface area contributed by atoms with Crippen LogP contribution in [-0.4, -0.2) is 53.2 Å². The highest BCUT2D eigenvalue weighted by Gasteiger charge is 2.27. The Bertz CT molecular complexity index is 903. The van der Waals surface area contributed by atoms with Crippen molar-refractivity contribution in [2.45, 2.75) is 47.2 Å². The topological polar surface area (TPSA) is 44.6 Å². The third-order valence-corrected chi connectivity index (χ3v) is 5.61. The van der Waals surface area contributed by atoms with Crippen molar-refractivity contribution in [3.63, 3.8) is 0 Å². The van der Waals surface area contributed by atoms with E-state index in [9.17, 15) is 4.79 Å². The normalized spacial score (nSPS) is 14.6. The molecule has 1 aromatic carbocycles. The minimum absolute atomic E-state index is 0.0937. The molecule has 0 radical (unpaired) electrons. The molecule has 0 amide bonds. The van der Waals surface area contributed by atoms with Gasteiger partial charge in [0.15, 0.2) is 0 Å². The summed E-state index contributed by atoms with van der Waals surface area (Å²) in [6.07, 6.45) is 1.78. The Morgan fingerprint density at radius 2 is 1.86 bits per heavy atom. The van der Waals surface area contributed by atoms with E-state index in [0.717, 1.165) is 49.1 Å². The molecular weight excluding hydrogens is 350 g/mol. The van der Waals surface area contributed by atoms with Gasteiger partial charge in [-0.15, -0.1) is 0 Å². The molecule has 0 N–H and O–H groups in total. The number of aromatic nitrogens is 2. The quantitative estimate of drug-likeness (QED) is 0.767. The minimum Gasteiger partial charge on any atom is -0.309 e. The van der Waals surface area contributed by atoms with Gasteiger partial charge in [-0.3, -0.25) is 19.2 Å². The average Bonchev–Trinajstić information content (AvgIpc) is 2.64. The molecule has 0 unspecified atom stereocenters. The number of hydrogen-bond acceptors (Lipinski definition) is 5. The summed E-state index contributed by atoms with van der Waals surface area (Å²) in [6.45, 7) is 11.5. The summed E-state index contributed by atoms with van der Waals surface area (Å²) in [5.41, 5.74) is 5.36. The standard InChI is InChI=1S/C22H33N5O/c1-7-20-18(4)23-22-26(19-10-9-16(2)17(3)13-19)14-25(12-8-11-24(5)6)15-27(22)21(20)28/h9-10,13H,7-8,11-12,14-15H2,1-6H3. The van der Waals surface area contributed by atoms with Crippen LogP contribution in [0, 0.1) is 20.8 Å². The molecule has 0 aliphatic carbocycles. The van der Waals surface area contributed by atoms with Gasteiger partial charge in [0.2, 0.25) is 5.95 Å². The van der Waals surface area contributed by atoms with Crippen LogP contribution in [0.15, 0.2) is 23.0 Å². The van der Waals surface area contributed by atoms with Crippen LogP contribution in [0.2, 0.25) is 0 Å². The van der Waals surface area contributed by atoms with Crippen LogP contribution in [-0.2, 0) is 13.1 Å². The largest absolute Gasteiger partial charge is 0.309 e. The van der Waals surface area contributed by atoms with Crippen molar-refractivity contribution >= 4 is 11.6 Å². The molecular formula is C22H33N5O. The van der Waals surface area contributed by atoms with Gasteiger partial charge in [0.25, 0.3) is 5.56 Å². The summed E-state index contributed by atoms with van der Waals surface area (Å²) >= 11 is 0. The van der Waals surface area contributed by atoms with Crippen molar-refractivity contribution in [3.05, 3.63) is 50.9 Å². The van der Waals surface area contributed by atoms with Crippen molar-refractivity contribution < 1.29 is 0 Å². The average molecular weight is 384 g/mol. The van der Waals surface area contributed by atoms with Crippen LogP contribution in [0.4, 0.5) is 11.6 Å². The van der Waals surface area contributed by atoms with E-state index in [1.165, 1.54) is 11.1 Å². The summed E-state index contributed by atoms with van der Waals surface area (Å²) in [5, 5.41) is 0. The molecule has 1 aliphatic rings. The molecule has 6 nitrogen and oxygen atoms in total. The SMILES string of the molecule is CCc1c(C)nc2n(c1=O)CN(CCCN(C)C)CN2c1ccc(C)c(C)c1. The summed E-state index contributed by atoms with van der Waals surface area (Å²) in [5.74, 6) is 0.756. The second kappa shape index (κ2) is 8.45. The highest BCUT2D eigenvalue weighted by molar-refractivity contribution is 5.60. The van der Waals surface area contributed by atoms with Gasteiger partial charge in [-0.05, 0) is 77.5 Å². The van der Waals surface area contributed by atoms with Gasteiger partial charge in [-0.2, -0.15) is 0 Å². The first-order chi connectivity index (χ1) is 13.3. The summed E-state index contributed by atoms with van der Waals surface area (Å²) in [7, 11) is 4.19. The Hall–Kier alpha value is -2.18.